The molecule has 0 amide bonds. The number of nitrogen functional groups attached to an aromatic ring is 1. The van der Waals surface area contributed by atoms with Crippen LogP contribution in [0, 0.1) is 5.92 Å². The Bertz CT molecular complexity index is 324. The molecule has 0 bridgehead atoms. The highest BCUT2D eigenvalue weighted by Gasteiger charge is 2.10. The molecule has 1 heterocycles. The molecule has 0 spiro atoms. The van der Waals surface area contributed by atoms with E-state index in [1.165, 1.54) is 0 Å². The maximum absolute atomic E-state index is 9.22. The van der Waals surface area contributed by atoms with Crippen molar-refractivity contribution in [2.45, 2.75) is 26.3 Å². The van der Waals surface area contributed by atoms with Gasteiger partial charge in [0.15, 0.2) is 0 Å². The van der Waals surface area contributed by atoms with Crippen LogP contribution in [0.15, 0.2) is 12.1 Å². The number of hydrogen-bond acceptors (Lipinski definition) is 4. The molecule has 0 saturated heterocycles. The first-order valence-electron chi connectivity index (χ1n) is 5.31. The highest BCUT2D eigenvalue weighted by atomic mass is 35.5. The molecule has 0 aliphatic heterocycles. The number of halogens is 1. The van der Waals surface area contributed by atoms with E-state index < -0.39 is 0 Å². The average molecular weight is 244 g/mol. The summed E-state index contributed by atoms with van der Waals surface area (Å²) < 4.78 is 0. The Morgan fingerprint density at radius 3 is 2.69 bits per heavy atom. The molecule has 4 nitrogen and oxygen atoms in total. The molecule has 1 atom stereocenters. The Hall–Kier alpha value is -1.00. The van der Waals surface area contributed by atoms with E-state index in [2.05, 4.69) is 24.1 Å². The Morgan fingerprint density at radius 2 is 2.19 bits per heavy atom. The fraction of sp³-hybridized carbons (Fsp3) is 0.545. The molecule has 0 aliphatic rings. The van der Waals surface area contributed by atoms with E-state index >= 15 is 0 Å². The fourth-order valence-corrected chi connectivity index (χ4v) is 1.76. The van der Waals surface area contributed by atoms with Gasteiger partial charge in [0.1, 0.15) is 11.0 Å². The first-order valence-corrected chi connectivity index (χ1v) is 5.69. The molecular weight excluding hydrogens is 226 g/mol. The molecule has 1 unspecified atom stereocenters. The minimum Gasteiger partial charge on any atom is -0.399 e. The summed E-state index contributed by atoms with van der Waals surface area (Å²) in [4.78, 5) is 4.09. The second-order valence-electron chi connectivity index (χ2n) is 4.26. The monoisotopic (exact) mass is 243 g/mol. The van der Waals surface area contributed by atoms with E-state index in [0.29, 0.717) is 22.6 Å². The van der Waals surface area contributed by atoms with Crippen molar-refractivity contribution in [2.75, 3.05) is 17.7 Å². The van der Waals surface area contributed by atoms with Crippen molar-refractivity contribution >= 4 is 23.1 Å². The second-order valence-corrected chi connectivity index (χ2v) is 4.65. The average Bonchev–Trinajstić information content (AvgIpc) is 2.14. The van der Waals surface area contributed by atoms with Gasteiger partial charge in [0.2, 0.25) is 0 Å². The van der Waals surface area contributed by atoms with Crippen LogP contribution in [0.2, 0.25) is 5.15 Å². The highest BCUT2D eigenvalue weighted by molar-refractivity contribution is 6.29. The highest BCUT2D eigenvalue weighted by Crippen LogP contribution is 2.18. The van der Waals surface area contributed by atoms with Gasteiger partial charge in [0, 0.05) is 11.8 Å². The van der Waals surface area contributed by atoms with Crippen molar-refractivity contribution in [3.63, 3.8) is 0 Å². The van der Waals surface area contributed by atoms with Gasteiger partial charge < -0.3 is 16.2 Å². The lowest BCUT2D eigenvalue weighted by Gasteiger charge is -2.19. The Kier molecular flexibility index (Phi) is 4.83. The first-order chi connectivity index (χ1) is 7.51. The predicted octanol–water partition coefficient (Wildman–Crippen LogP) is 2.14. The first kappa shape index (κ1) is 13.1. The van der Waals surface area contributed by atoms with Crippen LogP contribution >= 0.6 is 11.6 Å². The normalized spacial score (nSPS) is 12.8. The summed E-state index contributed by atoms with van der Waals surface area (Å²) in [7, 11) is 0. The van der Waals surface area contributed by atoms with Crippen LogP contribution in [0.3, 0.4) is 0 Å². The lowest BCUT2D eigenvalue weighted by Crippen LogP contribution is -2.26. The molecule has 90 valence electrons. The van der Waals surface area contributed by atoms with Gasteiger partial charge in [-0.25, -0.2) is 4.98 Å². The molecule has 4 N–H and O–H groups in total. The van der Waals surface area contributed by atoms with Gasteiger partial charge in [-0.15, -0.1) is 0 Å². The number of nitrogens with two attached hydrogens (primary N) is 1. The van der Waals surface area contributed by atoms with Crippen LogP contribution in [-0.2, 0) is 0 Å². The van der Waals surface area contributed by atoms with Gasteiger partial charge in [-0.2, -0.15) is 0 Å². The lowest BCUT2D eigenvalue weighted by molar-refractivity contribution is 0.259. The van der Waals surface area contributed by atoms with Crippen molar-refractivity contribution in [1.29, 1.82) is 0 Å². The standard InChI is InChI=1S/C11H18ClN3O/c1-7(2)3-9(6-16)14-11-5-8(13)4-10(12)15-11/h4-5,7,9,16H,3,6H2,1-2H3,(H3,13,14,15). The van der Waals surface area contributed by atoms with Crippen LogP contribution in [0.5, 0.6) is 0 Å². The van der Waals surface area contributed by atoms with E-state index in [9.17, 15) is 5.11 Å². The van der Waals surface area contributed by atoms with Gasteiger partial charge in [0.05, 0.1) is 12.6 Å². The summed E-state index contributed by atoms with van der Waals surface area (Å²) in [5, 5.41) is 12.7. The summed E-state index contributed by atoms with van der Waals surface area (Å²) in [6, 6.07) is 3.27. The van der Waals surface area contributed by atoms with E-state index in [-0.39, 0.29) is 12.6 Å². The number of aliphatic hydroxyl groups is 1. The third-order valence-corrected chi connectivity index (χ3v) is 2.34. The minimum atomic E-state index is -0.0228. The van der Waals surface area contributed by atoms with Crippen LogP contribution in [0.4, 0.5) is 11.5 Å². The number of rotatable bonds is 5. The number of nitrogens with zero attached hydrogens (tertiary/aromatic N) is 1. The summed E-state index contributed by atoms with van der Waals surface area (Å²) >= 11 is 5.79. The minimum absolute atomic E-state index is 0.0228. The quantitative estimate of drug-likeness (QED) is 0.693. The van der Waals surface area contributed by atoms with E-state index in [4.69, 9.17) is 17.3 Å². The van der Waals surface area contributed by atoms with Crippen molar-refractivity contribution < 1.29 is 5.11 Å². The molecule has 0 saturated carbocycles. The number of anilines is 2. The van der Waals surface area contributed by atoms with Crippen LogP contribution in [0.25, 0.3) is 0 Å². The number of pyridine rings is 1. The molecule has 0 fully saturated rings. The number of aliphatic hydroxyl groups excluding tert-OH is 1. The SMILES string of the molecule is CC(C)CC(CO)Nc1cc(N)cc(Cl)n1. The van der Waals surface area contributed by atoms with Gasteiger partial charge >= 0.3 is 0 Å². The number of hydrogen-bond donors (Lipinski definition) is 3. The van der Waals surface area contributed by atoms with Gasteiger partial charge in [-0.1, -0.05) is 25.4 Å². The Morgan fingerprint density at radius 1 is 1.50 bits per heavy atom. The summed E-state index contributed by atoms with van der Waals surface area (Å²) in [6.45, 7) is 4.26. The second kappa shape index (κ2) is 5.92. The van der Waals surface area contributed by atoms with Gasteiger partial charge in [-0.3, -0.25) is 0 Å². The summed E-state index contributed by atoms with van der Waals surface area (Å²) in [6.07, 6.45) is 0.866. The third-order valence-electron chi connectivity index (χ3n) is 2.14. The molecule has 1 rings (SSSR count). The predicted molar refractivity (Wildman–Crippen MR) is 67.6 cm³/mol. The molecule has 0 aliphatic carbocycles. The van der Waals surface area contributed by atoms with Crippen molar-refractivity contribution in [2.24, 2.45) is 5.92 Å². The molecule has 1 aromatic heterocycles. The maximum atomic E-state index is 9.22. The zero-order chi connectivity index (χ0) is 12.1. The summed E-state index contributed by atoms with van der Waals surface area (Å²) in [5.41, 5.74) is 6.21. The fourth-order valence-electron chi connectivity index (χ4n) is 1.55. The molecular formula is C11H18ClN3O. The van der Waals surface area contributed by atoms with Crippen molar-refractivity contribution in [1.82, 2.24) is 4.98 Å². The van der Waals surface area contributed by atoms with Crippen molar-refractivity contribution in [3.8, 4) is 0 Å². The molecule has 16 heavy (non-hydrogen) atoms. The largest absolute Gasteiger partial charge is 0.399 e. The van der Waals surface area contributed by atoms with E-state index in [0.717, 1.165) is 6.42 Å². The van der Waals surface area contributed by atoms with E-state index in [1.54, 1.807) is 12.1 Å². The molecule has 0 aromatic carbocycles. The lowest BCUT2D eigenvalue weighted by atomic mass is 10.0. The van der Waals surface area contributed by atoms with Crippen LogP contribution in [-0.4, -0.2) is 22.7 Å². The molecule has 1 aromatic rings. The van der Waals surface area contributed by atoms with Crippen molar-refractivity contribution in [3.05, 3.63) is 17.3 Å². The summed E-state index contributed by atoms with van der Waals surface area (Å²) in [5.74, 6) is 1.10. The number of nitrogens with one attached hydrogen (secondary N) is 1. The van der Waals surface area contributed by atoms with Crippen LogP contribution in [0.1, 0.15) is 20.3 Å². The maximum Gasteiger partial charge on any atom is 0.133 e. The van der Waals surface area contributed by atoms with E-state index in [1.807, 2.05) is 0 Å². The molecule has 5 heteroatoms. The zero-order valence-corrected chi connectivity index (χ0v) is 10.3. The Labute approximate surface area is 101 Å². The van der Waals surface area contributed by atoms with Gasteiger partial charge in [0.25, 0.3) is 0 Å². The Balaban J connectivity index is 2.69. The smallest absolute Gasteiger partial charge is 0.133 e. The third kappa shape index (κ3) is 4.24. The topological polar surface area (TPSA) is 71.2 Å². The van der Waals surface area contributed by atoms with Crippen LogP contribution < -0.4 is 11.1 Å². The number of aromatic nitrogens is 1. The zero-order valence-electron chi connectivity index (χ0n) is 9.57. The molecule has 0 radical (unpaired) electrons. The van der Waals surface area contributed by atoms with Gasteiger partial charge in [-0.05, 0) is 18.4 Å².